The van der Waals surface area contributed by atoms with Crippen molar-refractivity contribution in [3.63, 3.8) is 0 Å². The van der Waals surface area contributed by atoms with Gasteiger partial charge in [-0.3, -0.25) is 19.5 Å². The number of rotatable bonds is 8. The molecule has 1 aromatic heterocycles. The van der Waals surface area contributed by atoms with Crippen LogP contribution in [0.2, 0.25) is 0 Å². The molecule has 4 rings (SSSR count). The average Bonchev–Trinajstić information content (AvgIpc) is 3.16. The molecule has 0 N–H and O–H groups in total. The highest BCUT2D eigenvalue weighted by Crippen LogP contribution is 2.31. The van der Waals surface area contributed by atoms with Crippen LogP contribution in [0.5, 0.6) is 5.75 Å². The molecule has 0 amide bonds. The van der Waals surface area contributed by atoms with Gasteiger partial charge in [0.05, 0.1) is 40.0 Å². The quantitative estimate of drug-likeness (QED) is 0.262. The van der Waals surface area contributed by atoms with Crippen molar-refractivity contribution in [3.8, 4) is 5.75 Å². The van der Waals surface area contributed by atoms with Gasteiger partial charge in [-0.25, -0.2) is 9.79 Å². The molecule has 2 heterocycles. The number of non-ortho nitro benzene ring substituents is 1. The van der Waals surface area contributed by atoms with E-state index in [2.05, 4.69) is 4.99 Å². The lowest BCUT2D eigenvalue weighted by atomic mass is 9.96. The monoisotopic (exact) mass is 507 g/mol. The minimum absolute atomic E-state index is 0.0692. The Kier molecular flexibility index (Phi) is 7.44. The summed E-state index contributed by atoms with van der Waals surface area (Å²) in [6.07, 6.45) is 2.47. The standard InChI is InChI=1S/C26H25N3O6S/c1-4-13-35-20-11-9-18(10-12-20)23-22(25(31)34-5-2)16(3)27-26-28(23)24(30)21(36-26)15-17-7-6-8-19(14-17)29(32)33/h6-12,14-15,23H,4-5,13H2,1-3H3/b21-15-. The van der Waals surface area contributed by atoms with Gasteiger partial charge in [0.15, 0.2) is 4.80 Å². The number of aromatic nitrogens is 1. The van der Waals surface area contributed by atoms with E-state index in [0.29, 0.717) is 38.5 Å². The second kappa shape index (κ2) is 10.7. The van der Waals surface area contributed by atoms with Gasteiger partial charge < -0.3 is 9.47 Å². The van der Waals surface area contributed by atoms with Crippen LogP contribution in [-0.2, 0) is 9.53 Å². The Balaban J connectivity index is 1.88. The summed E-state index contributed by atoms with van der Waals surface area (Å²) in [6.45, 7) is 6.22. The molecule has 0 saturated heterocycles. The summed E-state index contributed by atoms with van der Waals surface area (Å²) in [6, 6.07) is 12.6. The Morgan fingerprint density at radius 1 is 1.22 bits per heavy atom. The average molecular weight is 508 g/mol. The summed E-state index contributed by atoms with van der Waals surface area (Å²) in [7, 11) is 0. The number of thiazole rings is 1. The van der Waals surface area contributed by atoms with Gasteiger partial charge in [0.1, 0.15) is 5.75 Å². The zero-order chi connectivity index (χ0) is 25.8. The molecular formula is C26H25N3O6S. The first-order chi connectivity index (χ1) is 17.3. The number of allylic oxidation sites excluding steroid dienone is 1. The maximum atomic E-state index is 13.6. The van der Waals surface area contributed by atoms with Crippen molar-refractivity contribution in [2.75, 3.05) is 13.2 Å². The number of carbonyl (C=O) groups excluding carboxylic acids is 1. The molecule has 2 aromatic carbocycles. The first kappa shape index (κ1) is 25.1. The SMILES string of the molecule is CCCOc1ccc(C2C(C(=O)OCC)=C(C)N=c3s/c(=C\c4cccc([N+](=O)[O-])c4)c(=O)n32)cc1. The van der Waals surface area contributed by atoms with Crippen molar-refractivity contribution in [1.82, 2.24) is 4.57 Å². The third-order valence-corrected chi connectivity index (χ3v) is 6.55. The van der Waals surface area contributed by atoms with Gasteiger partial charge in [0.25, 0.3) is 11.2 Å². The van der Waals surface area contributed by atoms with Gasteiger partial charge >= 0.3 is 5.97 Å². The number of benzene rings is 2. The van der Waals surface area contributed by atoms with Crippen LogP contribution in [0.25, 0.3) is 6.08 Å². The summed E-state index contributed by atoms with van der Waals surface area (Å²) in [4.78, 5) is 42.2. The van der Waals surface area contributed by atoms with Crippen molar-refractivity contribution in [2.45, 2.75) is 33.2 Å². The summed E-state index contributed by atoms with van der Waals surface area (Å²) in [5.41, 5.74) is 1.56. The molecule has 0 spiro atoms. The molecule has 10 heteroatoms. The normalized spacial score (nSPS) is 15.3. The largest absolute Gasteiger partial charge is 0.494 e. The van der Waals surface area contributed by atoms with E-state index in [1.54, 1.807) is 32.1 Å². The van der Waals surface area contributed by atoms with Crippen molar-refractivity contribution in [3.05, 3.63) is 101 Å². The van der Waals surface area contributed by atoms with Gasteiger partial charge in [0, 0.05) is 12.1 Å². The van der Waals surface area contributed by atoms with E-state index in [1.807, 2.05) is 31.2 Å². The lowest BCUT2D eigenvalue weighted by molar-refractivity contribution is -0.384. The minimum atomic E-state index is -0.743. The van der Waals surface area contributed by atoms with Crippen LogP contribution in [0, 0.1) is 10.1 Å². The Labute approximate surface area is 210 Å². The molecule has 0 bridgehead atoms. The Morgan fingerprint density at radius 2 is 1.97 bits per heavy atom. The lowest BCUT2D eigenvalue weighted by Crippen LogP contribution is -2.39. The molecule has 9 nitrogen and oxygen atoms in total. The van der Waals surface area contributed by atoms with Gasteiger partial charge in [-0.1, -0.05) is 42.5 Å². The maximum Gasteiger partial charge on any atom is 0.338 e. The molecule has 0 radical (unpaired) electrons. The van der Waals surface area contributed by atoms with E-state index < -0.39 is 16.9 Å². The molecule has 0 saturated carbocycles. The molecule has 0 fully saturated rings. The van der Waals surface area contributed by atoms with E-state index in [9.17, 15) is 19.7 Å². The number of nitro groups is 1. The Morgan fingerprint density at radius 3 is 2.64 bits per heavy atom. The summed E-state index contributed by atoms with van der Waals surface area (Å²) >= 11 is 1.16. The fourth-order valence-electron chi connectivity index (χ4n) is 3.95. The molecule has 3 aromatic rings. The number of hydrogen-bond acceptors (Lipinski definition) is 8. The highest BCUT2D eigenvalue weighted by molar-refractivity contribution is 7.07. The second-order valence-electron chi connectivity index (χ2n) is 8.07. The first-order valence-electron chi connectivity index (χ1n) is 11.5. The Bertz CT molecular complexity index is 1520. The number of esters is 1. The summed E-state index contributed by atoms with van der Waals surface area (Å²) in [5.74, 6) is 0.153. The third kappa shape index (κ3) is 4.99. The molecule has 1 unspecified atom stereocenters. The predicted octanol–water partition coefficient (Wildman–Crippen LogP) is 3.50. The zero-order valence-corrected chi connectivity index (χ0v) is 20.9. The van der Waals surface area contributed by atoms with Gasteiger partial charge in [-0.15, -0.1) is 0 Å². The molecule has 186 valence electrons. The Hall–Kier alpha value is -4.05. The second-order valence-corrected chi connectivity index (χ2v) is 9.08. The fraction of sp³-hybridized carbons (Fsp3) is 0.269. The molecule has 1 atom stereocenters. The van der Waals surface area contributed by atoms with E-state index in [-0.39, 0.29) is 23.4 Å². The van der Waals surface area contributed by atoms with Crippen LogP contribution in [0.3, 0.4) is 0 Å². The van der Waals surface area contributed by atoms with Crippen LogP contribution in [-0.4, -0.2) is 28.7 Å². The molecule has 1 aliphatic heterocycles. The van der Waals surface area contributed by atoms with Crippen LogP contribution in [0.4, 0.5) is 5.69 Å². The lowest BCUT2D eigenvalue weighted by Gasteiger charge is -2.24. The topological polar surface area (TPSA) is 113 Å². The van der Waals surface area contributed by atoms with Gasteiger partial charge in [-0.2, -0.15) is 0 Å². The predicted molar refractivity (Wildman–Crippen MR) is 136 cm³/mol. The number of nitro benzene ring substituents is 1. The van der Waals surface area contributed by atoms with Crippen molar-refractivity contribution >= 4 is 29.1 Å². The van der Waals surface area contributed by atoms with Crippen LogP contribution in [0.15, 0.2) is 69.6 Å². The smallest absolute Gasteiger partial charge is 0.338 e. The first-order valence-corrected chi connectivity index (χ1v) is 12.3. The number of ether oxygens (including phenoxy) is 2. The third-order valence-electron chi connectivity index (χ3n) is 5.56. The van der Waals surface area contributed by atoms with Gasteiger partial charge in [-0.05, 0) is 49.6 Å². The van der Waals surface area contributed by atoms with E-state index in [0.717, 1.165) is 17.8 Å². The minimum Gasteiger partial charge on any atom is -0.494 e. The number of fused-ring (bicyclic) bond motifs is 1. The zero-order valence-electron chi connectivity index (χ0n) is 20.1. The van der Waals surface area contributed by atoms with E-state index in [4.69, 9.17) is 9.47 Å². The van der Waals surface area contributed by atoms with E-state index in [1.165, 1.54) is 16.7 Å². The molecule has 1 aliphatic rings. The number of hydrogen-bond donors (Lipinski definition) is 0. The van der Waals surface area contributed by atoms with Crippen molar-refractivity contribution < 1.29 is 19.2 Å². The van der Waals surface area contributed by atoms with E-state index >= 15 is 0 Å². The highest BCUT2D eigenvalue weighted by atomic mass is 32.1. The maximum absolute atomic E-state index is 13.6. The van der Waals surface area contributed by atoms with Crippen LogP contribution >= 0.6 is 11.3 Å². The molecular weight excluding hydrogens is 482 g/mol. The fourth-order valence-corrected chi connectivity index (χ4v) is 5.00. The van der Waals surface area contributed by atoms with Crippen LogP contribution < -0.4 is 19.6 Å². The number of nitrogens with zero attached hydrogens (tertiary/aromatic N) is 3. The molecule has 36 heavy (non-hydrogen) atoms. The summed E-state index contributed by atoms with van der Waals surface area (Å²) < 4.78 is 12.8. The molecule has 0 aliphatic carbocycles. The van der Waals surface area contributed by atoms with Crippen LogP contribution in [0.1, 0.15) is 44.4 Å². The highest BCUT2D eigenvalue weighted by Gasteiger charge is 2.33. The summed E-state index contributed by atoms with van der Waals surface area (Å²) in [5, 5.41) is 11.2. The van der Waals surface area contributed by atoms with Gasteiger partial charge in [0.2, 0.25) is 0 Å². The van der Waals surface area contributed by atoms with Crippen molar-refractivity contribution in [1.29, 1.82) is 0 Å². The van der Waals surface area contributed by atoms with Crippen molar-refractivity contribution in [2.24, 2.45) is 4.99 Å². The number of carbonyl (C=O) groups is 1.